The molecule has 12 heavy (non-hydrogen) atoms. The van der Waals surface area contributed by atoms with Gasteiger partial charge in [0.05, 0.1) is 0 Å². The van der Waals surface area contributed by atoms with Crippen molar-refractivity contribution in [3.05, 3.63) is 6.33 Å². The van der Waals surface area contributed by atoms with Crippen molar-refractivity contribution in [1.29, 1.82) is 0 Å². The SMILES string of the molecule is NCCCCCSc1ncns1. The summed E-state index contributed by atoms with van der Waals surface area (Å²) in [5.41, 5.74) is 5.38. The Kier molecular flexibility index (Phi) is 5.30. The second-order valence-electron chi connectivity index (χ2n) is 2.40. The van der Waals surface area contributed by atoms with Crippen molar-refractivity contribution in [2.75, 3.05) is 12.3 Å². The molecule has 0 unspecified atom stereocenters. The predicted molar refractivity (Wildman–Crippen MR) is 53.5 cm³/mol. The lowest BCUT2D eigenvalue weighted by Crippen LogP contribution is -1.97. The molecule has 1 aromatic rings. The van der Waals surface area contributed by atoms with Crippen LogP contribution in [-0.4, -0.2) is 21.7 Å². The fourth-order valence-electron chi connectivity index (χ4n) is 0.809. The number of hydrogen-bond acceptors (Lipinski definition) is 5. The van der Waals surface area contributed by atoms with Crippen LogP contribution in [0, 0.1) is 0 Å². The Balaban J connectivity index is 1.96. The molecule has 68 valence electrons. The lowest BCUT2D eigenvalue weighted by atomic mass is 10.2. The molecule has 0 aliphatic heterocycles. The molecule has 0 amide bonds. The highest BCUT2D eigenvalue weighted by Crippen LogP contribution is 2.19. The minimum atomic E-state index is 0.809. The van der Waals surface area contributed by atoms with Gasteiger partial charge in [-0.25, -0.2) is 4.98 Å². The van der Waals surface area contributed by atoms with Gasteiger partial charge in [0.15, 0.2) is 4.34 Å². The largest absolute Gasteiger partial charge is 0.330 e. The third-order valence-electron chi connectivity index (χ3n) is 1.42. The van der Waals surface area contributed by atoms with E-state index in [1.807, 2.05) is 0 Å². The lowest BCUT2D eigenvalue weighted by molar-refractivity contribution is 0.732. The average Bonchev–Trinajstić information content (AvgIpc) is 2.57. The van der Waals surface area contributed by atoms with Crippen LogP contribution >= 0.6 is 23.3 Å². The highest BCUT2D eigenvalue weighted by Gasteiger charge is 1.96. The van der Waals surface area contributed by atoms with Crippen molar-refractivity contribution in [2.45, 2.75) is 23.6 Å². The molecule has 5 heteroatoms. The number of aromatic nitrogens is 2. The molecule has 0 fully saturated rings. The second-order valence-corrected chi connectivity index (χ2v) is 4.53. The quantitative estimate of drug-likeness (QED) is 0.565. The smallest absolute Gasteiger partial charge is 0.169 e. The number of rotatable bonds is 6. The molecule has 1 aromatic heterocycles. The van der Waals surface area contributed by atoms with Crippen molar-refractivity contribution >= 4 is 23.3 Å². The maximum absolute atomic E-state index is 5.38. The topological polar surface area (TPSA) is 51.8 Å². The van der Waals surface area contributed by atoms with E-state index in [2.05, 4.69) is 9.36 Å². The molecular weight excluding hydrogens is 190 g/mol. The van der Waals surface area contributed by atoms with E-state index in [0.29, 0.717) is 0 Å². The zero-order valence-corrected chi connectivity index (χ0v) is 8.53. The van der Waals surface area contributed by atoms with Crippen LogP contribution in [-0.2, 0) is 0 Å². The molecule has 0 spiro atoms. The molecule has 0 aromatic carbocycles. The van der Waals surface area contributed by atoms with Gasteiger partial charge in [-0.05, 0) is 30.9 Å². The Morgan fingerprint density at radius 3 is 3.00 bits per heavy atom. The summed E-state index contributed by atoms with van der Waals surface area (Å²) < 4.78 is 5.00. The summed E-state index contributed by atoms with van der Waals surface area (Å²) in [6.45, 7) is 0.809. The van der Waals surface area contributed by atoms with Crippen LogP contribution < -0.4 is 5.73 Å². The first-order valence-electron chi connectivity index (χ1n) is 4.03. The number of unbranched alkanes of at least 4 members (excludes halogenated alkanes) is 2. The molecule has 0 atom stereocenters. The summed E-state index contributed by atoms with van der Waals surface area (Å²) >= 11 is 3.25. The highest BCUT2D eigenvalue weighted by molar-refractivity contribution is 8.00. The van der Waals surface area contributed by atoms with Crippen LogP contribution in [0.3, 0.4) is 0 Å². The summed E-state index contributed by atoms with van der Waals surface area (Å²) in [6, 6.07) is 0. The summed E-state index contributed by atoms with van der Waals surface area (Å²) in [5, 5.41) is 0. The Labute approximate surface area is 80.9 Å². The predicted octanol–water partition coefficient (Wildman–Crippen LogP) is 1.76. The van der Waals surface area contributed by atoms with Gasteiger partial charge in [0, 0.05) is 5.75 Å². The van der Waals surface area contributed by atoms with Gasteiger partial charge in [-0.3, -0.25) is 0 Å². The first-order valence-corrected chi connectivity index (χ1v) is 5.79. The third kappa shape index (κ3) is 4.04. The molecule has 3 nitrogen and oxygen atoms in total. The monoisotopic (exact) mass is 203 g/mol. The van der Waals surface area contributed by atoms with Gasteiger partial charge in [-0.15, -0.1) is 0 Å². The number of nitrogens with zero attached hydrogens (tertiary/aromatic N) is 2. The molecule has 0 aliphatic rings. The number of thioether (sulfide) groups is 1. The van der Waals surface area contributed by atoms with E-state index in [1.165, 1.54) is 24.4 Å². The van der Waals surface area contributed by atoms with Crippen LogP contribution in [0.4, 0.5) is 0 Å². The Bertz CT molecular complexity index is 189. The van der Waals surface area contributed by atoms with E-state index < -0.39 is 0 Å². The van der Waals surface area contributed by atoms with Crippen molar-refractivity contribution < 1.29 is 0 Å². The molecule has 1 heterocycles. The van der Waals surface area contributed by atoms with E-state index in [1.54, 1.807) is 18.1 Å². The van der Waals surface area contributed by atoms with Crippen LogP contribution in [0.5, 0.6) is 0 Å². The van der Waals surface area contributed by atoms with Gasteiger partial charge >= 0.3 is 0 Å². The molecule has 0 bridgehead atoms. The Morgan fingerprint density at radius 1 is 1.42 bits per heavy atom. The first kappa shape index (κ1) is 9.95. The molecule has 0 aliphatic carbocycles. The average molecular weight is 203 g/mol. The fraction of sp³-hybridized carbons (Fsp3) is 0.714. The number of nitrogens with two attached hydrogens (primary N) is 1. The van der Waals surface area contributed by atoms with E-state index in [-0.39, 0.29) is 0 Å². The second kappa shape index (κ2) is 6.39. The summed E-state index contributed by atoms with van der Waals surface area (Å²) in [5.74, 6) is 1.13. The zero-order chi connectivity index (χ0) is 8.65. The van der Waals surface area contributed by atoms with Crippen molar-refractivity contribution in [3.8, 4) is 0 Å². The van der Waals surface area contributed by atoms with E-state index in [0.717, 1.165) is 23.1 Å². The normalized spacial score (nSPS) is 10.4. The fourth-order valence-corrected chi connectivity index (χ4v) is 2.32. The number of hydrogen-bond donors (Lipinski definition) is 1. The van der Waals surface area contributed by atoms with Gasteiger partial charge in [0.1, 0.15) is 6.33 Å². The minimum Gasteiger partial charge on any atom is -0.330 e. The van der Waals surface area contributed by atoms with Gasteiger partial charge in [-0.2, -0.15) is 4.37 Å². The summed E-state index contributed by atoms with van der Waals surface area (Å²) in [7, 11) is 0. The van der Waals surface area contributed by atoms with Crippen LogP contribution in [0.25, 0.3) is 0 Å². The van der Waals surface area contributed by atoms with Crippen LogP contribution in [0.15, 0.2) is 10.7 Å². The Morgan fingerprint density at radius 2 is 2.33 bits per heavy atom. The minimum absolute atomic E-state index is 0.809. The molecular formula is C7H13N3S2. The lowest BCUT2D eigenvalue weighted by Gasteiger charge is -1.96. The summed E-state index contributed by atoms with van der Waals surface area (Å²) in [6.07, 6.45) is 5.19. The Hall–Kier alpha value is -0.130. The van der Waals surface area contributed by atoms with Crippen molar-refractivity contribution in [1.82, 2.24) is 9.36 Å². The maximum Gasteiger partial charge on any atom is 0.169 e. The molecule has 1 rings (SSSR count). The first-order chi connectivity index (χ1) is 5.93. The third-order valence-corrected chi connectivity index (χ3v) is 3.30. The van der Waals surface area contributed by atoms with E-state index >= 15 is 0 Å². The van der Waals surface area contributed by atoms with Gasteiger partial charge < -0.3 is 5.73 Å². The van der Waals surface area contributed by atoms with Gasteiger partial charge in [0.2, 0.25) is 0 Å². The van der Waals surface area contributed by atoms with Crippen LogP contribution in [0.2, 0.25) is 0 Å². The zero-order valence-electron chi connectivity index (χ0n) is 6.90. The molecule has 0 saturated heterocycles. The van der Waals surface area contributed by atoms with Gasteiger partial charge in [0.25, 0.3) is 0 Å². The molecule has 0 radical (unpaired) electrons. The van der Waals surface area contributed by atoms with E-state index in [9.17, 15) is 0 Å². The van der Waals surface area contributed by atoms with Crippen LogP contribution in [0.1, 0.15) is 19.3 Å². The molecule has 2 N–H and O–H groups in total. The van der Waals surface area contributed by atoms with E-state index in [4.69, 9.17) is 5.73 Å². The standard InChI is InChI=1S/C7H13N3S2/c8-4-2-1-3-5-11-7-9-6-10-12-7/h6H,1-5,8H2. The highest BCUT2D eigenvalue weighted by atomic mass is 32.2. The van der Waals surface area contributed by atoms with Gasteiger partial charge in [-0.1, -0.05) is 18.2 Å². The van der Waals surface area contributed by atoms with Crippen molar-refractivity contribution in [2.24, 2.45) is 5.73 Å². The maximum atomic E-state index is 5.38. The molecule has 0 saturated carbocycles. The summed E-state index contributed by atoms with van der Waals surface area (Å²) in [4.78, 5) is 4.08. The van der Waals surface area contributed by atoms with Crippen molar-refractivity contribution in [3.63, 3.8) is 0 Å².